The predicted molar refractivity (Wildman–Crippen MR) is 89.1 cm³/mol. The first-order chi connectivity index (χ1) is 11.2. The summed E-state index contributed by atoms with van der Waals surface area (Å²) in [6.07, 6.45) is 2.94. The fourth-order valence-electron chi connectivity index (χ4n) is 2.72. The van der Waals surface area contributed by atoms with E-state index in [-0.39, 0.29) is 11.9 Å². The molecule has 1 aliphatic rings. The van der Waals surface area contributed by atoms with E-state index in [4.69, 9.17) is 4.52 Å². The average molecular weight is 334 g/mol. The molecule has 2 atom stereocenters. The van der Waals surface area contributed by atoms with Crippen LogP contribution in [0.15, 0.2) is 22.0 Å². The molecule has 2 aromatic rings. The number of amides is 1. The molecule has 1 amide bonds. The van der Waals surface area contributed by atoms with Crippen LogP contribution < -0.4 is 10.6 Å². The van der Waals surface area contributed by atoms with Crippen molar-refractivity contribution in [1.82, 2.24) is 20.8 Å². The van der Waals surface area contributed by atoms with E-state index in [9.17, 15) is 4.79 Å². The molecular formula is C16H22N4O2S. The monoisotopic (exact) mass is 334 g/mol. The average Bonchev–Trinajstić information content (AvgIpc) is 3.20. The Labute approximate surface area is 139 Å². The Hall–Kier alpha value is -1.73. The lowest BCUT2D eigenvalue weighted by Gasteiger charge is -2.30. The van der Waals surface area contributed by atoms with Gasteiger partial charge in [-0.15, -0.1) is 11.3 Å². The lowest BCUT2D eigenvalue weighted by atomic mass is 9.94. The molecule has 1 fully saturated rings. The summed E-state index contributed by atoms with van der Waals surface area (Å²) >= 11 is 1.58. The van der Waals surface area contributed by atoms with Gasteiger partial charge in [-0.3, -0.25) is 4.79 Å². The van der Waals surface area contributed by atoms with Crippen LogP contribution in [0.1, 0.15) is 32.1 Å². The molecular weight excluding hydrogens is 312 g/mol. The Kier molecular flexibility index (Phi) is 5.40. The highest BCUT2D eigenvalue weighted by Gasteiger charge is 2.22. The minimum Gasteiger partial charge on any atom is -0.352 e. The van der Waals surface area contributed by atoms with Gasteiger partial charge in [0.15, 0.2) is 0 Å². The maximum atomic E-state index is 12.0. The SMILES string of the molecule is CC1CCNCC1NC(=O)CCCc1nc(-c2cccs2)no1. The molecule has 2 N–H and O–H groups in total. The number of hydrogen-bond donors (Lipinski definition) is 2. The van der Waals surface area contributed by atoms with Crippen molar-refractivity contribution in [3.8, 4) is 10.7 Å². The highest BCUT2D eigenvalue weighted by Crippen LogP contribution is 2.21. The van der Waals surface area contributed by atoms with E-state index in [0.717, 1.165) is 24.4 Å². The van der Waals surface area contributed by atoms with Crippen molar-refractivity contribution in [2.75, 3.05) is 13.1 Å². The molecule has 23 heavy (non-hydrogen) atoms. The van der Waals surface area contributed by atoms with Crippen molar-refractivity contribution in [2.45, 2.75) is 38.6 Å². The number of aromatic nitrogens is 2. The van der Waals surface area contributed by atoms with Crippen LogP contribution in [-0.2, 0) is 11.2 Å². The smallest absolute Gasteiger partial charge is 0.226 e. The van der Waals surface area contributed by atoms with Gasteiger partial charge >= 0.3 is 0 Å². The number of thiophene rings is 1. The number of carbonyl (C=O) groups is 1. The number of rotatable bonds is 6. The summed E-state index contributed by atoms with van der Waals surface area (Å²) in [4.78, 5) is 17.4. The maximum Gasteiger partial charge on any atom is 0.226 e. The van der Waals surface area contributed by atoms with Gasteiger partial charge in [0.2, 0.25) is 17.6 Å². The first-order valence-electron chi connectivity index (χ1n) is 8.09. The number of aryl methyl sites for hydroxylation is 1. The van der Waals surface area contributed by atoms with Crippen LogP contribution in [0.25, 0.3) is 10.7 Å². The molecule has 2 unspecified atom stereocenters. The van der Waals surface area contributed by atoms with Crippen molar-refractivity contribution in [3.05, 3.63) is 23.4 Å². The highest BCUT2D eigenvalue weighted by molar-refractivity contribution is 7.13. The highest BCUT2D eigenvalue weighted by atomic mass is 32.1. The Morgan fingerprint density at radius 1 is 1.57 bits per heavy atom. The van der Waals surface area contributed by atoms with Gasteiger partial charge in [0.25, 0.3) is 0 Å². The minimum atomic E-state index is 0.101. The lowest BCUT2D eigenvalue weighted by molar-refractivity contribution is -0.122. The van der Waals surface area contributed by atoms with E-state index in [1.807, 2.05) is 17.5 Å². The van der Waals surface area contributed by atoms with Gasteiger partial charge < -0.3 is 15.2 Å². The summed E-state index contributed by atoms with van der Waals surface area (Å²) in [5, 5.41) is 12.4. The van der Waals surface area contributed by atoms with Gasteiger partial charge in [-0.05, 0) is 36.8 Å². The van der Waals surface area contributed by atoms with Gasteiger partial charge in [0, 0.05) is 25.4 Å². The van der Waals surface area contributed by atoms with Crippen molar-refractivity contribution >= 4 is 17.2 Å². The minimum absolute atomic E-state index is 0.101. The number of hydrogen-bond acceptors (Lipinski definition) is 6. The Morgan fingerprint density at radius 3 is 3.26 bits per heavy atom. The Morgan fingerprint density at radius 2 is 2.48 bits per heavy atom. The van der Waals surface area contributed by atoms with E-state index in [1.165, 1.54) is 0 Å². The summed E-state index contributed by atoms with van der Waals surface area (Å²) in [6, 6.07) is 4.17. The van der Waals surface area contributed by atoms with Crippen LogP contribution >= 0.6 is 11.3 Å². The summed E-state index contributed by atoms with van der Waals surface area (Å²) in [6.45, 7) is 4.09. The van der Waals surface area contributed by atoms with E-state index >= 15 is 0 Å². The molecule has 0 saturated carbocycles. The van der Waals surface area contributed by atoms with Crippen molar-refractivity contribution in [3.63, 3.8) is 0 Å². The van der Waals surface area contributed by atoms with Crippen LogP contribution in [0.4, 0.5) is 0 Å². The molecule has 0 aromatic carbocycles. The zero-order chi connectivity index (χ0) is 16.1. The topological polar surface area (TPSA) is 80.0 Å². The van der Waals surface area contributed by atoms with E-state index in [1.54, 1.807) is 11.3 Å². The molecule has 3 heterocycles. The quantitative estimate of drug-likeness (QED) is 0.847. The summed E-state index contributed by atoms with van der Waals surface area (Å²) < 4.78 is 5.24. The molecule has 0 bridgehead atoms. The second-order valence-corrected chi connectivity index (χ2v) is 6.93. The molecule has 1 saturated heterocycles. The first kappa shape index (κ1) is 16.1. The van der Waals surface area contributed by atoms with Crippen LogP contribution in [0.5, 0.6) is 0 Å². The Balaban J connectivity index is 1.41. The van der Waals surface area contributed by atoms with Gasteiger partial charge in [-0.2, -0.15) is 4.98 Å². The van der Waals surface area contributed by atoms with E-state index in [0.29, 0.717) is 36.9 Å². The third kappa shape index (κ3) is 4.39. The summed E-state index contributed by atoms with van der Waals surface area (Å²) in [7, 11) is 0. The summed E-state index contributed by atoms with van der Waals surface area (Å²) in [5.74, 6) is 1.85. The molecule has 0 spiro atoms. The van der Waals surface area contributed by atoms with Crippen molar-refractivity contribution in [1.29, 1.82) is 0 Å². The predicted octanol–water partition coefficient (Wildman–Crippen LogP) is 2.23. The fourth-order valence-corrected chi connectivity index (χ4v) is 3.37. The summed E-state index contributed by atoms with van der Waals surface area (Å²) in [5.41, 5.74) is 0. The third-order valence-corrected chi connectivity index (χ3v) is 5.04. The molecule has 0 aliphatic carbocycles. The van der Waals surface area contributed by atoms with Gasteiger partial charge in [0.1, 0.15) is 0 Å². The number of carbonyl (C=O) groups excluding carboxylic acids is 1. The molecule has 2 aromatic heterocycles. The molecule has 6 nitrogen and oxygen atoms in total. The van der Waals surface area contributed by atoms with Crippen molar-refractivity contribution < 1.29 is 9.32 Å². The third-order valence-electron chi connectivity index (χ3n) is 4.18. The molecule has 7 heteroatoms. The Bertz CT molecular complexity index is 626. The van der Waals surface area contributed by atoms with E-state index in [2.05, 4.69) is 27.7 Å². The molecule has 0 radical (unpaired) electrons. The lowest BCUT2D eigenvalue weighted by Crippen LogP contribution is -2.50. The maximum absolute atomic E-state index is 12.0. The number of nitrogens with one attached hydrogen (secondary N) is 2. The van der Waals surface area contributed by atoms with Gasteiger partial charge in [0.05, 0.1) is 4.88 Å². The standard InChI is InChI=1S/C16H22N4O2S/c1-11-7-8-17-10-12(11)18-14(21)5-2-6-15-19-16(20-22-15)13-4-3-9-23-13/h3-4,9,11-12,17H,2,5-8,10H2,1H3,(H,18,21). The van der Waals surface area contributed by atoms with Crippen LogP contribution in [0.3, 0.4) is 0 Å². The number of piperidine rings is 1. The van der Waals surface area contributed by atoms with Crippen LogP contribution in [0.2, 0.25) is 0 Å². The normalized spacial score (nSPS) is 21.3. The zero-order valence-electron chi connectivity index (χ0n) is 13.2. The molecule has 124 valence electrons. The first-order valence-corrected chi connectivity index (χ1v) is 8.97. The molecule has 3 rings (SSSR count). The van der Waals surface area contributed by atoms with Gasteiger partial charge in [-0.25, -0.2) is 0 Å². The second kappa shape index (κ2) is 7.70. The van der Waals surface area contributed by atoms with E-state index < -0.39 is 0 Å². The number of nitrogens with zero attached hydrogens (tertiary/aromatic N) is 2. The molecule has 1 aliphatic heterocycles. The van der Waals surface area contributed by atoms with Crippen LogP contribution in [0, 0.1) is 5.92 Å². The fraction of sp³-hybridized carbons (Fsp3) is 0.562. The van der Waals surface area contributed by atoms with Crippen molar-refractivity contribution in [2.24, 2.45) is 5.92 Å². The zero-order valence-corrected chi connectivity index (χ0v) is 14.1. The largest absolute Gasteiger partial charge is 0.352 e. The van der Waals surface area contributed by atoms with Crippen LogP contribution in [-0.4, -0.2) is 35.2 Å². The van der Waals surface area contributed by atoms with Gasteiger partial charge in [-0.1, -0.05) is 18.1 Å². The second-order valence-electron chi connectivity index (χ2n) is 5.99.